The normalized spacial score (nSPS) is 21.6. The second-order valence-electron chi connectivity index (χ2n) is 4.91. The first kappa shape index (κ1) is 13.3. The van der Waals surface area contributed by atoms with Crippen molar-refractivity contribution in [3.05, 3.63) is 0 Å². The van der Waals surface area contributed by atoms with Gasteiger partial charge < -0.3 is 20.1 Å². The zero-order chi connectivity index (χ0) is 12.0. The van der Waals surface area contributed by atoms with Gasteiger partial charge in [0.15, 0.2) is 0 Å². The van der Waals surface area contributed by atoms with Crippen LogP contribution in [0.1, 0.15) is 27.2 Å². The summed E-state index contributed by atoms with van der Waals surface area (Å²) in [5, 5.41) is 5.96. The Kier molecular flexibility index (Phi) is 5.02. The summed E-state index contributed by atoms with van der Waals surface area (Å²) >= 11 is 0. The van der Waals surface area contributed by atoms with Crippen molar-refractivity contribution in [2.45, 2.75) is 38.9 Å². The van der Waals surface area contributed by atoms with Gasteiger partial charge in [0.05, 0.1) is 12.7 Å². The van der Waals surface area contributed by atoms with Crippen molar-refractivity contribution in [3.63, 3.8) is 0 Å². The zero-order valence-electron chi connectivity index (χ0n) is 10.3. The molecule has 1 rings (SSSR count). The fourth-order valence-corrected chi connectivity index (χ4v) is 1.45. The van der Waals surface area contributed by atoms with Crippen LogP contribution in [0.25, 0.3) is 0 Å². The number of hydrogen-bond acceptors (Lipinski definition) is 4. The van der Waals surface area contributed by atoms with Gasteiger partial charge in [0.25, 0.3) is 0 Å². The maximum Gasteiger partial charge on any atom is 0.407 e. The first-order chi connectivity index (χ1) is 7.47. The highest BCUT2D eigenvalue weighted by Gasteiger charge is 2.17. The van der Waals surface area contributed by atoms with Gasteiger partial charge in [-0.1, -0.05) is 0 Å². The molecule has 1 heterocycles. The number of amides is 1. The molecule has 1 aliphatic rings. The van der Waals surface area contributed by atoms with Gasteiger partial charge in [0, 0.05) is 19.6 Å². The van der Waals surface area contributed by atoms with E-state index in [1.54, 1.807) is 0 Å². The number of rotatable bonds is 3. The van der Waals surface area contributed by atoms with Crippen molar-refractivity contribution < 1.29 is 14.3 Å². The zero-order valence-corrected chi connectivity index (χ0v) is 10.3. The van der Waals surface area contributed by atoms with Crippen molar-refractivity contribution in [1.82, 2.24) is 10.6 Å². The molecule has 0 aromatic heterocycles. The van der Waals surface area contributed by atoms with Crippen LogP contribution in [-0.2, 0) is 9.47 Å². The Balaban J connectivity index is 2.08. The highest BCUT2D eigenvalue weighted by Crippen LogP contribution is 2.06. The van der Waals surface area contributed by atoms with Gasteiger partial charge >= 0.3 is 6.09 Å². The number of nitrogens with one attached hydrogen (secondary N) is 2. The van der Waals surface area contributed by atoms with Crippen LogP contribution in [-0.4, -0.2) is 44.0 Å². The molecule has 1 atom stereocenters. The molecule has 94 valence electrons. The van der Waals surface area contributed by atoms with E-state index in [0.717, 1.165) is 26.1 Å². The van der Waals surface area contributed by atoms with Crippen LogP contribution < -0.4 is 10.6 Å². The number of alkyl carbamates (subject to hydrolysis) is 1. The SMILES string of the molecule is CC(C)(C)OC(=O)NCC[C@@H]1CNCCO1. The van der Waals surface area contributed by atoms with E-state index in [1.165, 1.54) is 0 Å². The van der Waals surface area contributed by atoms with Crippen LogP contribution in [0.4, 0.5) is 4.79 Å². The van der Waals surface area contributed by atoms with E-state index in [1.807, 2.05) is 20.8 Å². The minimum atomic E-state index is -0.438. The van der Waals surface area contributed by atoms with E-state index in [-0.39, 0.29) is 12.2 Å². The van der Waals surface area contributed by atoms with Crippen molar-refractivity contribution in [1.29, 1.82) is 0 Å². The molecule has 0 saturated carbocycles. The van der Waals surface area contributed by atoms with E-state index >= 15 is 0 Å². The van der Waals surface area contributed by atoms with Crippen LogP contribution in [0.3, 0.4) is 0 Å². The minimum absolute atomic E-state index is 0.198. The van der Waals surface area contributed by atoms with Crippen LogP contribution in [0, 0.1) is 0 Å². The predicted octanol–water partition coefficient (Wildman–Crippen LogP) is 0.890. The number of carbonyl (C=O) groups excluding carboxylic acids is 1. The highest BCUT2D eigenvalue weighted by molar-refractivity contribution is 5.67. The molecular formula is C11H22N2O3. The average Bonchev–Trinajstić information content (AvgIpc) is 2.16. The maximum atomic E-state index is 11.3. The van der Waals surface area contributed by atoms with Crippen LogP contribution in [0.15, 0.2) is 0 Å². The molecule has 0 radical (unpaired) electrons. The van der Waals surface area contributed by atoms with Crippen LogP contribution in [0.5, 0.6) is 0 Å². The molecule has 0 aliphatic carbocycles. The van der Waals surface area contributed by atoms with Gasteiger partial charge in [-0.25, -0.2) is 4.79 Å². The highest BCUT2D eigenvalue weighted by atomic mass is 16.6. The van der Waals surface area contributed by atoms with Crippen molar-refractivity contribution >= 4 is 6.09 Å². The number of hydrogen-bond donors (Lipinski definition) is 2. The van der Waals surface area contributed by atoms with Gasteiger partial charge in [-0.05, 0) is 27.2 Å². The Bertz CT molecular complexity index is 220. The molecular weight excluding hydrogens is 208 g/mol. The largest absolute Gasteiger partial charge is 0.444 e. The van der Waals surface area contributed by atoms with E-state index < -0.39 is 5.60 Å². The smallest absolute Gasteiger partial charge is 0.407 e. The van der Waals surface area contributed by atoms with E-state index in [4.69, 9.17) is 9.47 Å². The molecule has 0 aromatic rings. The lowest BCUT2D eigenvalue weighted by Crippen LogP contribution is -2.41. The minimum Gasteiger partial charge on any atom is -0.444 e. The summed E-state index contributed by atoms with van der Waals surface area (Å²) in [6.07, 6.45) is 0.645. The summed E-state index contributed by atoms with van der Waals surface area (Å²) < 4.78 is 10.6. The van der Waals surface area contributed by atoms with E-state index in [0.29, 0.717) is 6.54 Å². The second-order valence-corrected chi connectivity index (χ2v) is 4.91. The Morgan fingerprint density at radius 1 is 1.56 bits per heavy atom. The molecule has 2 N–H and O–H groups in total. The molecule has 0 unspecified atom stereocenters. The number of morpholine rings is 1. The first-order valence-corrected chi connectivity index (χ1v) is 5.76. The number of ether oxygens (including phenoxy) is 2. The summed E-state index contributed by atoms with van der Waals surface area (Å²) in [5.74, 6) is 0. The summed E-state index contributed by atoms with van der Waals surface area (Å²) in [4.78, 5) is 11.3. The Hall–Kier alpha value is -0.810. The maximum absolute atomic E-state index is 11.3. The summed E-state index contributed by atoms with van der Waals surface area (Å²) in [7, 11) is 0. The molecule has 5 nitrogen and oxygen atoms in total. The molecule has 0 spiro atoms. The van der Waals surface area contributed by atoms with Crippen LogP contribution >= 0.6 is 0 Å². The second kappa shape index (κ2) is 6.06. The topological polar surface area (TPSA) is 59.6 Å². The Labute approximate surface area is 96.9 Å². The monoisotopic (exact) mass is 230 g/mol. The lowest BCUT2D eigenvalue weighted by molar-refractivity contribution is 0.0219. The molecule has 1 amide bonds. The summed E-state index contributed by atoms with van der Waals surface area (Å²) in [5.41, 5.74) is -0.438. The molecule has 1 saturated heterocycles. The summed E-state index contributed by atoms with van der Waals surface area (Å²) in [6.45, 7) is 8.65. The third-order valence-electron chi connectivity index (χ3n) is 2.14. The lowest BCUT2D eigenvalue weighted by atomic mass is 10.2. The van der Waals surface area contributed by atoms with Gasteiger partial charge in [-0.15, -0.1) is 0 Å². The van der Waals surface area contributed by atoms with Gasteiger partial charge in [-0.2, -0.15) is 0 Å². The third kappa shape index (κ3) is 5.92. The molecule has 1 fully saturated rings. The van der Waals surface area contributed by atoms with Crippen molar-refractivity contribution in [3.8, 4) is 0 Å². The quantitative estimate of drug-likeness (QED) is 0.756. The number of carbonyl (C=O) groups is 1. The van der Waals surface area contributed by atoms with E-state index in [9.17, 15) is 4.79 Å². The van der Waals surface area contributed by atoms with Crippen molar-refractivity contribution in [2.75, 3.05) is 26.2 Å². The molecule has 0 aromatic carbocycles. The fraction of sp³-hybridized carbons (Fsp3) is 0.909. The molecule has 5 heteroatoms. The third-order valence-corrected chi connectivity index (χ3v) is 2.14. The standard InChI is InChI=1S/C11H22N2O3/c1-11(2,3)16-10(14)13-5-4-9-8-12-6-7-15-9/h9,12H,4-8H2,1-3H3,(H,13,14)/t9-/m1/s1. The molecule has 16 heavy (non-hydrogen) atoms. The van der Waals surface area contributed by atoms with Gasteiger partial charge in [-0.3, -0.25) is 0 Å². The van der Waals surface area contributed by atoms with Gasteiger partial charge in [0.2, 0.25) is 0 Å². The van der Waals surface area contributed by atoms with Gasteiger partial charge in [0.1, 0.15) is 5.60 Å². The first-order valence-electron chi connectivity index (χ1n) is 5.76. The van der Waals surface area contributed by atoms with E-state index in [2.05, 4.69) is 10.6 Å². The summed E-state index contributed by atoms with van der Waals surface area (Å²) in [6, 6.07) is 0. The van der Waals surface area contributed by atoms with Crippen molar-refractivity contribution in [2.24, 2.45) is 0 Å². The van der Waals surface area contributed by atoms with Crippen LogP contribution in [0.2, 0.25) is 0 Å². The Morgan fingerprint density at radius 3 is 2.88 bits per heavy atom. The predicted molar refractivity (Wildman–Crippen MR) is 61.5 cm³/mol. The fourth-order valence-electron chi connectivity index (χ4n) is 1.45. The average molecular weight is 230 g/mol. The lowest BCUT2D eigenvalue weighted by Gasteiger charge is -2.24. The Morgan fingerprint density at radius 2 is 2.31 bits per heavy atom. The molecule has 1 aliphatic heterocycles. The molecule has 0 bridgehead atoms.